The van der Waals surface area contributed by atoms with Crippen LogP contribution in [0.15, 0.2) is 57.6 Å². The Labute approximate surface area is 149 Å². The fourth-order valence-electron chi connectivity index (χ4n) is 2.38. The number of rotatable bonds is 3. The highest BCUT2D eigenvalue weighted by atomic mass is 35.5. The Hall–Kier alpha value is -2.60. The maximum absolute atomic E-state index is 14.5. The molecule has 1 aliphatic heterocycles. The van der Waals surface area contributed by atoms with Crippen molar-refractivity contribution in [3.8, 4) is 0 Å². The van der Waals surface area contributed by atoms with Gasteiger partial charge in [-0.2, -0.15) is 5.10 Å². The number of fused-ring (bicyclic) bond motifs is 1. The zero-order chi connectivity index (χ0) is 17.8. The second-order valence-corrected chi connectivity index (χ2v) is 5.70. The molecule has 7 heteroatoms. The number of nitrogens with one attached hydrogen (secondary N) is 1. The summed E-state index contributed by atoms with van der Waals surface area (Å²) in [7, 11) is 0. The standard InChI is InChI=1S/C18H15ClF2N4/c1-11(9-19)24-25-16-10-22-18(12-5-2-3-6-13(12)20)17-14(21)7-4-8-15(17)23-16/h2-8H,9-10H2,1H3,(H,23,25)/b24-11+. The van der Waals surface area contributed by atoms with Crippen LogP contribution in [0.5, 0.6) is 0 Å². The van der Waals surface area contributed by atoms with Crippen molar-refractivity contribution in [2.45, 2.75) is 6.92 Å². The van der Waals surface area contributed by atoms with Gasteiger partial charge in [0.15, 0.2) is 0 Å². The zero-order valence-electron chi connectivity index (χ0n) is 13.4. The lowest BCUT2D eigenvalue weighted by molar-refractivity contribution is 0.620. The maximum atomic E-state index is 14.5. The summed E-state index contributed by atoms with van der Waals surface area (Å²) in [6.45, 7) is 1.87. The minimum absolute atomic E-state index is 0.108. The van der Waals surface area contributed by atoms with E-state index in [0.29, 0.717) is 17.2 Å². The lowest BCUT2D eigenvalue weighted by Crippen LogP contribution is -2.22. The van der Waals surface area contributed by atoms with Crippen LogP contribution in [0.4, 0.5) is 14.5 Å². The van der Waals surface area contributed by atoms with Gasteiger partial charge in [-0.25, -0.2) is 13.8 Å². The van der Waals surface area contributed by atoms with Crippen molar-refractivity contribution in [1.82, 2.24) is 5.43 Å². The topological polar surface area (TPSA) is 49.1 Å². The van der Waals surface area contributed by atoms with Gasteiger partial charge in [0.05, 0.1) is 29.4 Å². The zero-order valence-corrected chi connectivity index (χ0v) is 14.2. The first kappa shape index (κ1) is 17.2. The molecule has 2 aromatic carbocycles. The van der Waals surface area contributed by atoms with Crippen molar-refractivity contribution in [2.75, 3.05) is 12.4 Å². The average Bonchev–Trinajstić information content (AvgIpc) is 2.80. The van der Waals surface area contributed by atoms with Gasteiger partial charge in [0.2, 0.25) is 0 Å². The number of aliphatic imine (C=N–C) groups is 2. The molecular formula is C18H15ClF2N4. The monoisotopic (exact) mass is 360 g/mol. The number of amidine groups is 1. The van der Waals surface area contributed by atoms with Crippen molar-refractivity contribution < 1.29 is 8.78 Å². The lowest BCUT2D eigenvalue weighted by Gasteiger charge is -2.10. The van der Waals surface area contributed by atoms with E-state index in [1.807, 2.05) is 0 Å². The number of alkyl halides is 1. The van der Waals surface area contributed by atoms with E-state index in [-0.39, 0.29) is 29.3 Å². The number of halogens is 3. The molecule has 2 aromatic rings. The molecule has 1 N–H and O–H groups in total. The fourth-order valence-corrected chi connectivity index (χ4v) is 2.44. The summed E-state index contributed by atoms with van der Waals surface area (Å²) in [5, 5.41) is 4.09. The maximum Gasteiger partial charge on any atom is 0.144 e. The van der Waals surface area contributed by atoms with Gasteiger partial charge in [-0.3, -0.25) is 10.4 Å². The molecular weight excluding hydrogens is 346 g/mol. The molecule has 0 aromatic heterocycles. The molecule has 0 radical (unpaired) electrons. The lowest BCUT2D eigenvalue weighted by atomic mass is 9.99. The van der Waals surface area contributed by atoms with Crippen LogP contribution >= 0.6 is 11.6 Å². The fraction of sp³-hybridized carbons (Fsp3) is 0.167. The third-order valence-electron chi connectivity index (χ3n) is 3.57. The molecule has 0 saturated heterocycles. The van der Waals surface area contributed by atoms with E-state index < -0.39 is 11.6 Å². The van der Waals surface area contributed by atoms with Crippen LogP contribution in [0.1, 0.15) is 18.1 Å². The van der Waals surface area contributed by atoms with E-state index >= 15 is 0 Å². The van der Waals surface area contributed by atoms with E-state index in [1.54, 1.807) is 37.3 Å². The molecule has 0 fully saturated rings. The highest BCUT2D eigenvalue weighted by Gasteiger charge is 2.21. The number of hydrogen-bond acceptors (Lipinski definition) is 4. The summed E-state index contributed by atoms with van der Waals surface area (Å²) in [5.74, 6) is -0.287. The molecule has 25 heavy (non-hydrogen) atoms. The van der Waals surface area contributed by atoms with E-state index in [1.165, 1.54) is 12.1 Å². The SMILES string of the molecule is C/C(CCl)=N\NC1=Nc2cccc(F)c2C(c2ccccc2F)=NC1. The molecule has 0 bridgehead atoms. The van der Waals surface area contributed by atoms with Crippen LogP contribution in [-0.2, 0) is 0 Å². The van der Waals surface area contributed by atoms with E-state index in [4.69, 9.17) is 11.6 Å². The summed E-state index contributed by atoms with van der Waals surface area (Å²) < 4.78 is 28.7. The first-order valence-corrected chi connectivity index (χ1v) is 8.14. The Morgan fingerprint density at radius 1 is 1.16 bits per heavy atom. The summed E-state index contributed by atoms with van der Waals surface area (Å²) in [5.41, 5.74) is 4.45. The summed E-state index contributed by atoms with van der Waals surface area (Å²) in [6.07, 6.45) is 0. The third kappa shape index (κ3) is 3.74. The molecule has 0 unspecified atom stereocenters. The Kier molecular flexibility index (Phi) is 5.19. The number of nitrogens with zero attached hydrogens (tertiary/aromatic N) is 3. The molecule has 1 heterocycles. The highest BCUT2D eigenvalue weighted by Crippen LogP contribution is 2.28. The van der Waals surface area contributed by atoms with Crippen molar-refractivity contribution >= 4 is 34.5 Å². The quantitative estimate of drug-likeness (QED) is 0.501. The first-order valence-electron chi connectivity index (χ1n) is 7.61. The van der Waals surface area contributed by atoms with Crippen LogP contribution in [0.3, 0.4) is 0 Å². The molecule has 0 spiro atoms. The normalized spacial score (nSPS) is 14.3. The van der Waals surface area contributed by atoms with Crippen LogP contribution in [-0.4, -0.2) is 29.7 Å². The molecule has 0 saturated carbocycles. The molecule has 0 aliphatic carbocycles. The summed E-state index contributed by atoms with van der Waals surface area (Å²) in [6, 6.07) is 10.6. The van der Waals surface area contributed by atoms with Gasteiger partial charge >= 0.3 is 0 Å². The highest BCUT2D eigenvalue weighted by molar-refractivity contribution is 6.28. The van der Waals surface area contributed by atoms with E-state index in [2.05, 4.69) is 20.5 Å². The van der Waals surface area contributed by atoms with Crippen LogP contribution in [0.25, 0.3) is 0 Å². The van der Waals surface area contributed by atoms with Crippen LogP contribution in [0, 0.1) is 11.6 Å². The first-order chi connectivity index (χ1) is 12.1. The number of benzene rings is 2. The van der Waals surface area contributed by atoms with Gasteiger partial charge in [0, 0.05) is 11.3 Å². The molecule has 0 amide bonds. The van der Waals surface area contributed by atoms with Gasteiger partial charge in [0.1, 0.15) is 17.5 Å². The Bertz CT molecular complexity index is 890. The van der Waals surface area contributed by atoms with Crippen molar-refractivity contribution in [3.63, 3.8) is 0 Å². The van der Waals surface area contributed by atoms with Gasteiger partial charge in [0.25, 0.3) is 0 Å². The largest absolute Gasteiger partial charge is 0.276 e. The number of hydrogen-bond donors (Lipinski definition) is 1. The molecule has 0 atom stereocenters. The van der Waals surface area contributed by atoms with Crippen LogP contribution < -0.4 is 5.43 Å². The smallest absolute Gasteiger partial charge is 0.144 e. The second-order valence-electron chi connectivity index (χ2n) is 5.43. The minimum Gasteiger partial charge on any atom is -0.276 e. The average molecular weight is 361 g/mol. The molecule has 3 rings (SSSR count). The predicted octanol–water partition coefficient (Wildman–Crippen LogP) is 4.05. The van der Waals surface area contributed by atoms with Gasteiger partial charge in [-0.05, 0) is 31.2 Å². The van der Waals surface area contributed by atoms with E-state index in [0.717, 1.165) is 0 Å². The van der Waals surface area contributed by atoms with Crippen molar-refractivity contribution in [2.24, 2.45) is 15.1 Å². The third-order valence-corrected chi connectivity index (χ3v) is 3.96. The van der Waals surface area contributed by atoms with Gasteiger partial charge in [-0.1, -0.05) is 18.2 Å². The summed E-state index contributed by atoms with van der Waals surface area (Å²) >= 11 is 5.69. The van der Waals surface area contributed by atoms with E-state index in [9.17, 15) is 8.78 Å². The second kappa shape index (κ2) is 7.53. The van der Waals surface area contributed by atoms with Gasteiger partial charge < -0.3 is 0 Å². The Morgan fingerprint density at radius 2 is 1.92 bits per heavy atom. The minimum atomic E-state index is -0.509. The Balaban J connectivity index is 2.10. The predicted molar refractivity (Wildman–Crippen MR) is 97.4 cm³/mol. The molecule has 4 nitrogen and oxygen atoms in total. The van der Waals surface area contributed by atoms with Crippen molar-refractivity contribution in [3.05, 3.63) is 65.2 Å². The number of hydrazone groups is 1. The van der Waals surface area contributed by atoms with Crippen LogP contribution in [0.2, 0.25) is 0 Å². The molecule has 128 valence electrons. The van der Waals surface area contributed by atoms with Crippen molar-refractivity contribution in [1.29, 1.82) is 0 Å². The van der Waals surface area contributed by atoms with Gasteiger partial charge in [-0.15, -0.1) is 11.6 Å². The summed E-state index contributed by atoms with van der Waals surface area (Å²) in [4.78, 5) is 8.77. The molecule has 1 aliphatic rings. The Morgan fingerprint density at radius 3 is 2.68 bits per heavy atom.